The molecule has 0 saturated carbocycles. The molecule has 16 heavy (non-hydrogen) atoms. The van der Waals surface area contributed by atoms with Crippen LogP contribution in [-0.4, -0.2) is 24.3 Å². The Hall–Kier alpha value is -1.91. The molecule has 0 unspecified atom stereocenters. The van der Waals surface area contributed by atoms with E-state index in [-0.39, 0.29) is 17.0 Å². The number of ketones is 1. The van der Waals surface area contributed by atoms with Crippen LogP contribution in [0.3, 0.4) is 0 Å². The van der Waals surface area contributed by atoms with E-state index >= 15 is 0 Å². The Balaban J connectivity index is 3.28. The summed E-state index contributed by atoms with van der Waals surface area (Å²) in [5.41, 5.74) is 0.753. The highest BCUT2D eigenvalue weighted by Crippen LogP contribution is 2.25. The van der Waals surface area contributed by atoms with Crippen LogP contribution in [0.2, 0.25) is 0 Å². The van der Waals surface area contributed by atoms with Gasteiger partial charge in [-0.2, -0.15) is 0 Å². The second kappa shape index (κ2) is 4.74. The zero-order valence-corrected chi connectivity index (χ0v) is 9.56. The van der Waals surface area contributed by atoms with Crippen LogP contribution in [0.5, 0.6) is 0 Å². The molecule has 0 aliphatic carbocycles. The maximum Gasteiger partial charge on any atom is 0.282 e. The fourth-order valence-corrected chi connectivity index (χ4v) is 1.39. The second-order valence-electron chi connectivity index (χ2n) is 3.53. The number of nitro benzene ring substituents is 1. The van der Waals surface area contributed by atoms with Gasteiger partial charge in [0.1, 0.15) is 0 Å². The van der Waals surface area contributed by atoms with Crippen LogP contribution in [0.4, 0.5) is 11.4 Å². The summed E-state index contributed by atoms with van der Waals surface area (Å²) in [6.45, 7) is 4.02. The summed E-state index contributed by atoms with van der Waals surface area (Å²) in [4.78, 5) is 23.4. The van der Waals surface area contributed by atoms with Crippen molar-refractivity contribution < 1.29 is 9.72 Å². The van der Waals surface area contributed by atoms with Crippen LogP contribution in [0.15, 0.2) is 18.2 Å². The molecular formula is C11H14N2O3. The van der Waals surface area contributed by atoms with Crippen LogP contribution in [0, 0.1) is 10.1 Å². The van der Waals surface area contributed by atoms with Crippen molar-refractivity contribution in [2.75, 3.05) is 18.5 Å². The van der Waals surface area contributed by atoms with E-state index in [0.29, 0.717) is 0 Å². The number of Topliss-reactive ketones (excluding diaryl/α,β-unsaturated/α-hetero) is 1. The predicted molar refractivity (Wildman–Crippen MR) is 62.0 cm³/mol. The minimum Gasteiger partial charge on any atom is -0.375 e. The molecule has 5 nitrogen and oxygen atoms in total. The molecule has 0 amide bonds. The van der Waals surface area contributed by atoms with E-state index in [1.165, 1.54) is 19.1 Å². The lowest BCUT2D eigenvalue weighted by atomic mass is 10.1. The Kier molecular flexibility index (Phi) is 3.60. The largest absolute Gasteiger partial charge is 0.375 e. The Labute approximate surface area is 93.8 Å². The first kappa shape index (κ1) is 12.2. The van der Waals surface area contributed by atoms with Crippen LogP contribution in [-0.2, 0) is 0 Å². The quantitative estimate of drug-likeness (QED) is 0.445. The van der Waals surface area contributed by atoms with Gasteiger partial charge < -0.3 is 4.90 Å². The van der Waals surface area contributed by atoms with E-state index < -0.39 is 4.92 Å². The zero-order chi connectivity index (χ0) is 12.3. The van der Waals surface area contributed by atoms with Gasteiger partial charge in [-0.3, -0.25) is 14.9 Å². The minimum absolute atomic E-state index is 0.134. The van der Waals surface area contributed by atoms with Crippen molar-refractivity contribution in [1.29, 1.82) is 0 Å². The molecule has 0 aliphatic heterocycles. The maximum absolute atomic E-state index is 11.2. The summed E-state index contributed by atoms with van der Waals surface area (Å²) in [6, 6.07) is 4.65. The average molecular weight is 222 g/mol. The molecule has 0 bridgehead atoms. The van der Waals surface area contributed by atoms with Gasteiger partial charge in [0.2, 0.25) is 0 Å². The first-order valence-corrected chi connectivity index (χ1v) is 4.98. The third-order valence-corrected chi connectivity index (χ3v) is 2.47. The van der Waals surface area contributed by atoms with Gasteiger partial charge in [0, 0.05) is 25.3 Å². The molecule has 0 aromatic heterocycles. The van der Waals surface area contributed by atoms with E-state index in [9.17, 15) is 14.9 Å². The van der Waals surface area contributed by atoms with Crippen molar-refractivity contribution in [2.24, 2.45) is 0 Å². The van der Waals surface area contributed by atoms with Gasteiger partial charge in [-0.15, -0.1) is 0 Å². The summed E-state index contributed by atoms with van der Waals surface area (Å²) < 4.78 is 0. The fourth-order valence-electron chi connectivity index (χ4n) is 1.39. The Bertz CT molecular complexity index is 429. The SMILES string of the molecule is CCN(C)c1ccc(C(C)=O)c([N+](=O)[O-])c1. The lowest BCUT2D eigenvalue weighted by Crippen LogP contribution is -2.16. The van der Waals surface area contributed by atoms with Crippen molar-refractivity contribution in [3.63, 3.8) is 0 Å². The first-order valence-electron chi connectivity index (χ1n) is 4.98. The zero-order valence-electron chi connectivity index (χ0n) is 9.56. The molecule has 0 aliphatic rings. The molecule has 0 heterocycles. The van der Waals surface area contributed by atoms with Crippen LogP contribution in [0.1, 0.15) is 24.2 Å². The third-order valence-electron chi connectivity index (χ3n) is 2.47. The highest BCUT2D eigenvalue weighted by Gasteiger charge is 2.18. The molecule has 0 fully saturated rings. The van der Waals surface area contributed by atoms with Gasteiger partial charge in [0.25, 0.3) is 5.69 Å². The van der Waals surface area contributed by atoms with E-state index in [0.717, 1.165) is 12.2 Å². The van der Waals surface area contributed by atoms with Gasteiger partial charge >= 0.3 is 0 Å². The normalized spacial score (nSPS) is 9.94. The molecule has 1 aromatic carbocycles. The van der Waals surface area contributed by atoms with E-state index in [2.05, 4.69) is 0 Å². The van der Waals surface area contributed by atoms with Gasteiger partial charge in [0.15, 0.2) is 5.78 Å². The number of carbonyl (C=O) groups is 1. The van der Waals surface area contributed by atoms with Crippen molar-refractivity contribution in [3.8, 4) is 0 Å². The number of hydrogen-bond donors (Lipinski definition) is 0. The molecule has 1 rings (SSSR count). The average Bonchev–Trinajstić information content (AvgIpc) is 2.26. The number of anilines is 1. The van der Waals surface area contributed by atoms with Crippen molar-refractivity contribution in [2.45, 2.75) is 13.8 Å². The number of nitro groups is 1. The monoisotopic (exact) mass is 222 g/mol. The number of carbonyl (C=O) groups excluding carboxylic acids is 1. The standard InChI is InChI=1S/C11H14N2O3/c1-4-12(3)9-5-6-10(8(2)14)11(7-9)13(15)16/h5-7H,4H2,1-3H3. The van der Waals surface area contributed by atoms with Gasteiger partial charge in [-0.05, 0) is 26.0 Å². The van der Waals surface area contributed by atoms with E-state index in [1.54, 1.807) is 6.07 Å². The summed E-state index contributed by atoms with van der Waals surface area (Å²) in [5, 5.41) is 10.8. The summed E-state index contributed by atoms with van der Waals surface area (Å²) in [6.07, 6.45) is 0. The third kappa shape index (κ3) is 2.36. The van der Waals surface area contributed by atoms with Crippen molar-refractivity contribution in [1.82, 2.24) is 0 Å². The summed E-state index contributed by atoms with van der Waals surface area (Å²) >= 11 is 0. The summed E-state index contributed by atoms with van der Waals surface area (Å²) in [7, 11) is 1.84. The molecule has 0 spiro atoms. The molecular weight excluding hydrogens is 208 g/mol. The van der Waals surface area contributed by atoms with Crippen LogP contribution < -0.4 is 4.90 Å². The Morgan fingerprint density at radius 1 is 1.50 bits per heavy atom. The molecule has 0 atom stereocenters. The van der Waals surface area contributed by atoms with E-state index in [1.807, 2.05) is 18.9 Å². The maximum atomic E-state index is 11.2. The second-order valence-corrected chi connectivity index (χ2v) is 3.53. The fraction of sp³-hybridized carbons (Fsp3) is 0.364. The summed E-state index contributed by atoms with van der Waals surface area (Å²) in [5.74, 6) is -0.294. The molecule has 86 valence electrons. The Morgan fingerprint density at radius 2 is 2.12 bits per heavy atom. The van der Waals surface area contributed by atoms with Gasteiger partial charge in [-0.25, -0.2) is 0 Å². The van der Waals surface area contributed by atoms with Crippen molar-refractivity contribution >= 4 is 17.2 Å². The molecule has 0 radical (unpaired) electrons. The molecule has 0 saturated heterocycles. The lowest BCUT2D eigenvalue weighted by molar-refractivity contribution is -0.385. The van der Waals surface area contributed by atoms with Crippen LogP contribution >= 0.6 is 0 Å². The number of nitrogens with zero attached hydrogens (tertiary/aromatic N) is 2. The highest BCUT2D eigenvalue weighted by atomic mass is 16.6. The topological polar surface area (TPSA) is 63.5 Å². The van der Waals surface area contributed by atoms with E-state index in [4.69, 9.17) is 0 Å². The minimum atomic E-state index is -0.524. The first-order chi connectivity index (χ1) is 7.47. The van der Waals surface area contributed by atoms with Crippen LogP contribution in [0.25, 0.3) is 0 Å². The number of benzene rings is 1. The number of hydrogen-bond acceptors (Lipinski definition) is 4. The lowest BCUT2D eigenvalue weighted by Gasteiger charge is -2.16. The predicted octanol–water partition coefficient (Wildman–Crippen LogP) is 2.25. The Morgan fingerprint density at radius 3 is 2.56 bits per heavy atom. The number of rotatable bonds is 4. The van der Waals surface area contributed by atoms with Gasteiger partial charge in [-0.1, -0.05) is 0 Å². The smallest absolute Gasteiger partial charge is 0.282 e. The molecule has 0 N–H and O–H groups in total. The van der Waals surface area contributed by atoms with Crippen molar-refractivity contribution in [3.05, 3.63) is 33.9 Å². The molecule has 5 heteroatoms. The van der Waals surface area contributed by atoms with Gasteiger partial charge in [0.05, 0.1) is 10.5 Å². The highest BCUT2D eigenvalue weighted by molar-refractivity contribution is 5.98. The molecule has 1 aromatic rings.